The largest absolute Gasteiger partial charge is 0.493 e. The van der Waals surface area contributed by atoms with E-state index in [1.54, 1.807) is 0 Å². The molecule has 5 heterocycles. The van der Waals surface area contributed by atoms with E-state index in [1.165, 1.54) is 0 Å². The summed E-state index contributed by atoms with van der Waals surface area (Å²) in [6, 6.07) is 11.8. The Balaban J connectivity index is 1.33. The van der Waals surface area contributed by atoms with Gasteiger partial charge in [0.25, 0.3) is 5.91 Å². The van der Waals surface area contributed by atoms with Crippen LogP contribution in [0.3, 0.4) is 0 Å². The number of pyridine rings is 2. The second-order valence-corrected chi connectivity index (χ2v) is 8.43. The van der Waals surface area contributed by atoms with Crippen molar-refractivity contribution in [2.24, 2.45) is 0 Å². The molecule has 1 amide bonds. The third-order valence-corrected chi connectivity index (χ3v) is 6.39. The number of aromatic nitrogens is 4. The molecule has 6 rings (SSSR count). The van der Waals surface area contributed by atoms with Crippen LogP contribution in [0.25, 0.3) is 17.1 Å². The third-order valence-electron chi connectivity index (χ3n) is 6.39. The van der Waals surface area contributed by atoms with Crippen molar-refractivity contribution in [3.63, 3.8) is 0 Å². The van der Waals surface area contributed by atoms with E-state index < -0.39 is 0 Å². The summed E-state index contributed by atoms with van der Waals surface area (Å²) in [6.45, 7) is 5.89. The quantitative estimate of drug-likeness (QED) is 0.493. The van der Waals surface area contributed by atoms with Crippen LogP contribution in [-0.2, 0) is 13.0 Å². The lowest BCUT2D eigenvalue weighted by molar-refractivity contribution is 0.0965. The van der Waals surface area contributed by atoms with E-state index in [4.69, 9.17) is 14.7 Å². The fourth-order valence-corrected chi connectivity index (χ4v) is 4.76. The minimum Gasteiger partial charge on any atom is -0.493 e. The molecule has 8 nitrogen and oxygen atoms in total. The summed E-state index contributed by atoms with van der Waals surface area (Å²) in [5.41, 5.74) is 5.69. The van der Waals surface area contributed by atoms with Crippen molar-refractivity contribution in [2.45, 2.75) is 26.8 Å². The first-order chi connectivity index (χ1) is 16.7. The van der Waals surface area contributed by atoms with Crippen LogP contribution >= 0.6 is 0 Å². The molecular formula is C26H24N6O2. The van der Waals surface area contributed by atoms with Gasteiger partial charge in [-0.15, -0.1) is 0 Å². The summed E-state index contributed by atoms with van der Waals surface area (Å²) < 4.78 is 8.22. The van der Waals surface area contributed by atoms with Crippen LogP contribution in [0.4, 0.5) is 11.6 Å². The summed E-state index contributed by atoms with van der Waals surface area (Å²) in [6.07, 6.45) is 6.29. The molecular weight excluding hydrogens is 428 g/mol. The fourth-order valence-electron chi connectivity index (χ4n) is 4.76. The van der Waals surface area contributed by atoms with Gasteiger partial charge in [-0.05, 0) is 49.7 Å². The van der Waals surface area contributed by atoms with Crippen molar-refractivity contribution in [3.8, 4) is 22.8 Å². The van der Waals surface area contributed by atoms with Crippen molar-refractivity contribution in [3.05, 3.63) is 77.4 Å². The highest BCUT2D eigenvalue weighted by Crippen LogP contribution is 2.40. The van der Waals surface area contributed by atoms with Crippen LogP contribution in [0.2, 0.25) is 0 Å². The van der Waals surface area contributed by atoms with Gasteiger partial charge in [-0.3, -0.25) is 9.36 Å². The Morgan fingerprint density at radius 2 is 1.97 bits per heavy atom. The molecule has 0 fully saturated rings. The van der Waals surface area contributed by atoms with Crippen LogP contribution in [0, 0.1) is 6.92 Å². The topological polar surface area (TPSA) is 85.2 Å². The van der Waals surface area contributed by atoms with Crippen molar-refractivity contribution in [2.75, 3.05) is 18.1 Å². The molecule has 0 aliphatic carbocycles. The Hall–Kier alpha value is -4.20. The Morgan fingerprint density at radius 3 is 2.85 bits per heavy atom. The molecule has 2 aliphatic rings. The predicted octanol–water partition coefficient (Wildman–Crippen LogP) is 3.97. The molecule has 0 radical (unpaired) electrons. The highest BCUT2D eigenvalue weighted by Gasteiger charge is 2.28. The lowest BCUT2D eigenvalue weighted by Crippen LogP contribution is -2.20. The maximum atomic E-state index is 11.9. The number of nitrogens with one attached hydrogen (secondary N) is 1. The Kier molecular flexibility index (Phi) is 4.79. The van der Waals surface area contributed by atoms with Crippen LogP contribution in [0.1, 0.15) is 34.1 Å². The van der Waals surface area contributed by atoms with Gasteiger partial charge in [0.1, 0.15) is 17.4 Å². The van der Waals surface area contributed by atoms with E-state index in [0.717, 1.165) is 57.8 Å². The zero-order valence-electron chi connectivity index (χ0n) is 19.1. The summed E-state index contributed by atoms with van der Waals surface area (Å²) in [5.74, 6) is 3.29. The first-order valence-corrected chi connectivity index (χ1v) is 11.4. The highest BCUT2D eigenvalue weighted by molar-refractivity contribution is 5.99. The standard InChI is InChI=1S/C26H24N6O2/c1-3-31-23-19(24-28-13-16(2)32(24)21-7-5-10-27-25(21)31)12-17(14-29-23)9-11-34-22-8-4-6-18-20(22)15-30-26(18)33/h4-8,10,12-14H,3,9,11,15H2,1-2H3,(H,30,33). The summed E-state index contributed by atoms with van der Waals surface area (Å²) >= 11 is 0. The lowest BCUT2D eigenvalue weighted by Gasteiger charge is -2.22. The monoisotopic (exact) mass is 452 g/mol. The summed E-state index contributed by atoms with van der Waals surface area (Å²) in [4.78, 5) is 28.3. The second-order valence-electron chi connectivity index (χ2n) is 8.43. The van der Waals surface area contributed by atoms with E-state index in [2.05, 4.69) is 45.7 Å². The number of hydrogen-bond donors (Lipinski definition) is 1. The molecule has 3 aromatic heterocycles. The number of aryl methyl sites for hydroxylation is 1. The number of carbonyl (C=O) groups is 1. The van der Waals surface area contributed by atoms with E-state index in [-0.39, 0.29) is 5.91 Å². The Morgan fingerprint density at radius 1 is 1.06 bits per heavy atom. The molecule has 1 aromatic carbocycles. The molecule has 0 saturated carbocycles. The van der Waals surface area contributed by atoms with Gasteiger partial charge in [-0.25, -0.2) is 15.0 Å². The number of rotatable bonds is 5. The summed E-state index contributed by atoms with van der Waals surface area (Å²) in [5, 5.41) is 2.85. The fraction of sp³-hybridized carbons (Fsp3) is 0.231. The number of amides is 1. The van der Waals surface area contributed by atoms with Gasteiger partial charge in [0.05, 0.1) is 17.9 Å². The van der Waals surface area contributed by atoms with E-state index >= 15 is 0 Å². The molecule has 1 N–H and O–H groups in total. The number of benzene rings is 1. The third kappa shape index (κ3) is 3.14. The van der Waals surface area contributed by atoms with E-state index in [1.807, 2.05) is 42.9 Å². The van der Waals surface area contributed by atoms with E-state index in [9.17, 15) is 4.79 Å². The lowest BCUT2D eigenvalue weighted by atomic mass is 10.1. The smallest absolute Gasteiger partial charge is 0.252 e. The maximum absolute atomic E-state index is 11.9. The van der Waals surface area contributed by atoms with Gasteiger partial charge < -0.3 is 15.0 Å². The normalized spacial score (nSPS) is 13.5. The molecule has 0 saturated heterocycles. The number of nitrogens with zero attached hydrogens (tertiary/aromatic N) is 5. The van der Waals surface area contributed by atoms with Crippen LogP contribution in [0.15, 0.2) is 55.0 Å². The van der Waals surface area contributed by atoms with Gasteiger partial charge in [0.2, 0.25) is 0 Å². The van der Waals surface area contributed by atoms with Gasteiger partial charge in [-0.2, -0.15) is 0 Å². The average Bonchev–Trinajstić information content (AvgIpc) is 3.40. The molecule has 0 bridgehead atoms. The van der Waals surface area contributed by atoms with Gasteiger partial charge in [0, 0.05) is 54.9 Å². The summed E-state index contributed by atoms with van der Waals surface area (Å²) in [7, 11) is 0. The first kappa shape index (κ1) is 20.4. The molecule has 34 heavy (non-hydrogen) atoms. The Labute approximate surface area is 197 Å². The minimum atomic E-state index is -0.0443. The van der Waals surface area contributed by atoms with Gasteiger partial charge in [-0.1, -0.05) is 6.07 Å². The number of fused-ring (bicyclic) bond motifs is 6. The Bertz CT molecular complexity index is 1430. The molecule has 0 unspecified atom stereocenters. The highest BCUT2D eigenvalue weighted by atomic mass is 16.5. The van der Waals surface area contributed by atoms with E-state index in [0.29, 0.717) is 25.1 Å². The van der Waals surface area contributed by atoms with Crippen LogP contribution < -0.4 is 15.0 Å². The van der Waals surface area contributed by atoms with Crippen molar-refractivity contribution in [1.82, 2.24) is 24.8 Å². The van der Waals surface area contributed by atoms with Crippen LogP contribution in [0.5, 0.6) is 5.75 Å². The number of carbonyl (C=O) groups excluding carboxylic acids is 1. The molecule has 0 atom stereocenters. The minimum absolute atomic E-state index is 0.0443. The molecule has 8 heteroatoms. The molecule has 0 spiro atoms. The number of ether oxygens (including phenoxy) is 1. The van der Waals surface area contributed by atoms with Gasteiger partial charge >= 0.3 is 0 Å². The maximum Gasteiger partial charge on any atom is 0.252 e. The zero-order valence-corrected chi connectivity index (χ0v) is 19.1. The van der Waals surface area contributed by atoms with Crippen LogP contribution in [-0.4, -0.2) is 38.6 Å². The second kappa shape index (κ2) is 7.98. The number of hydrogen-bond acceptors (Lipinski definition) is 6. The van der Waals surface area contributed by atoms with Crippen molar-refractivity contribution in [1.29, 1.82) is 0 Å². The SMILES string of the molecule is CCN1c2ncc(CCOc3cccc4c3CNC4=O)cc2-c2ncc(C)n2-c2cccnc21. The average molecular weight is 453 g/mol. The van der Waals surface area contributed by atoms with Crippen molar-refractivity contribution >= 4 is 17.5 Å². The predicted molar refractivity (Wildman–Crippen MR) is 129 cm³/mol. The molecule has 2 aliphatic heterocycles. The van der Waals surface area contributed by atoms with Crippen molar-refractivity contribution < 1.29 is 9.53 Å². The molecule has 4 aromatic rings. The van der Waals surface area contributed by atoms with Gasteiger partial charge in [0.15, 0.2) is 5.82 Å². The zero-order chi connectivity index (χ0) is 23.2. The number of imidazole rings is 1. The number of anilines is 2. The first-order valence-electron chi connectivity index (χ1n) is 11.4. The molecule has 170 valence electrons.